The molecule has 1 N–H and O–H groups in total. The molecule has 0 spiro atoms. The normalized spacial score (nSPS) is 16.1. The van der Waals surface area contributed by atoms with Gasteiger partial charge in [-0.1, -0.05) is 25.9 Å². The van der Waals surface area contributed by atoms with Crippen LogP contribution in [0, 0.1) is 5.41 Å². The molecule has 5 heteroatoms. The number of aromatic nitrogens is 2. The van der Waals surface area contributed by atoms with Crippen LogP contribution in [-0.4, -0.2) is 21.9 Å². The molecule has 92 valence electrons. The summed E-state index contributed by atoms with van der Waals surface area (Å²) in [6.07, 6.45) is -0.975. The molecule has 1 heterocycles. The second-order valence-corrected chi connectivity index (χ2v) is 4.87. The van der Waals surface area contributed by atoms with Gasteiger partial charge in [0.25, 0.3) is 5.89 Å². The van der Waals surface area contributed by atoms with E-state index in [0.717, 1.165) is 0 Å². The first kappa shape index (κ1) is 13.1. The van der Waals surface area contributed by atoms with Crippen molar-refractivity contribution in [2.24, 2.45) is 5.41 Å². The van der Waals surface area contributed by atoms with Crippen molar-refractivity contribution < 1.29 is 14.4 Å². The largest absolute Gasteiger partial charge is 0.384 e. The standard InChI is InChI=1S/C11H20N2O3/c1-6-15-8(11(3,4)5)9-12-10(7(2)14)16-13-9/h7-8,14H,6H2,1-5H3/t7-,8?/m0/s1. The van der Waals surface area contributed by atoms with Gasteiger partial charge >= 0.3 is 0 Å². The van der Waals surface area contributed by atoms with Crippen molar-refractivity contribution in [2.75, 3.05) is 6.61 Å². The van der Waals surface area contributed by atoms with Gasteiger partial charge in [0.05, 0.1) is 0 Å². The SMILES string of the molecule is CCOC(c1noc([C@H](C)O)n1)C(C)(C)C. The van der Waals surface area contributed by atoms with Crippen LogP contribution in [-0.2, 0) is 4.74 Å². The van der Waals surface area contributed by atoms with Crippen LogP contribution in [0.1, 0.15) is 58.5 Å². The van der Waals surface area contributed by atoms with E-state index in [4.69, 9.17) is 9.26 Å². The maximum absolute atomic E-state index is 9.31. The van der Waals surface area contributed by atoms with Gasteiger partial charge in [-0.3, -0.25) is 0 Å². The first-order valence-electron chi connectivity index (χ1n) is 5.49. The molecule has 0 aliphatic heterocycles. The fourth-order valence-corrected chi connectivity index (χ4v) is 1.40. The van der Waals surface area contributed by atoms with E-state index in [1.54, 1.807) is 6.92 Å². The predicted octanol–water partition coefficient (Wildman–Crippen LogP) is 2.25. The van der Waals surface area contributed by atoms with Gasteiger partial charge in [-0.2, -0.15) is 4.98 Å². The quantitative estimate of drug-likeness (QED) is 0.856. The maximum Gasteiger partial charge on any atom is 0.255 e. The molecule has 0 bridgehead atoms. The minimum Gasteiger partial charge on any atom is -0.384 e. The lowest BCUT2D eigenvalue weighted by Gasteiger charge is -2.27. The Morgan fingerprint density at radius 1 is 1.44 bits per heavy atom. The van der Waals surface area contributed by atoms with Gasteiger partial charge in [0.1, 0.15) is 12.2 Å². The molecule has 1 unspecified atom stereocenters. The van der Waals surface area contributed by atoms with Crippen LogP contribution in [0.15, 0.2) is 4.52 Å². The molecule has 0 aromatic carbocycles. The van der Waals surface area contributed by atoms with Gasteiger partial charge in [0, 0.05) is 6.61 Å². The van der Waals surface area contributed by atoms with Crippen LogP contribution in [0.2, 0.25) is 0 Å². The van der Waals surface area contributed by atoms with E-state index in [2.05, 4.69) is 10.1 Å². The van der Waals surface area contributed by atoms with Crippen LogP contribution in [0.3, 0.4) is 0 Å². The second-order valence-electron chi connectivity index (χ2n) is 4.87. The van der Waals surface area contributed by atoms with Crippen molar-refractivity contribution >= 4 is 0 Å². The fourth-order valence-electron chi connectivity index (χ4n) is 1.40. The first-order chi connectivity index (χ1) is 7.36. The van der Waals surface area contributed by atoms with Crippen molar-refractivity contribution in [2.45, 2.75) is 46.8 Å². The van der Waals surface area contributed by atoms with Gasteiger partial charge in [-0.15, -0.1) is 0 Å². The molecule has 16 heavy (non-hydrogen) atoms. The molecule has 2 atom stereocenters. The Balaban J connectivity index is 2.93. The van der Waals surface area contributed by atoms with Crippen molar-refractivity contribution in [3.63, 3.8) is 0 Å². The van der Waals surface area contributed by atoms with Crippen LogP contribution < -0.4 is 0 Å². The van der Waals surface area contributed by atoms with E-state index in [0.29, 0.717) is 12.4 Å². The highest BCUT2D eigenvalue weighted by Crippen LogP contribution is 2.34. The second kappa shape index (κ2) is 4.93. The molecule has 0 fully saturated rings. The van der Waals surface area contributed by atoms with E-state index in [1.165, 1.54) is 0 Å². The van der Waals surface area contributed by atoms with Gasteiger partial charge in [-0.05, 0) is 19.3 Å². The summed E-state index contributed by atoms with van der Waals surface area (Å²) in [6, 6.07) is 0. The Bertz CT molecular complexity index is 328. The van der Waals surface area contributed by atoms with Crippen molar-refractivity contribution in [1.82, 2.24) is 10.1 Å². The molecule has 0 saturated heterocycles. The summed E-state index contributed by atoms with van der Waals surface area (Å²) in [7, 11) is 0. The lowest BCUT2D eigenvalue weighted by molar-refractivity contribution is -0.0203. The van der Waals surface area contributed by atoms with Crippen molar-refractivity contribution in [3.05, 3.63) is 11.7 Å². The van der Waals surface area contributed by atoms with E-state index in [1.807, 2.05) is 27.7 Å². The van der Waals surface area contributed by atoms with E-state index in [-0.39, 0.29) is 17.4 Å². The third-order valence-electron chi connectivity index (χ3n) is 2.17. The Hall–Kier alpha value is -0.940. The van der Waals surface area contributed by atoms with Crippen molar-refractivity contribution in [3.8, 4) is 0 Å². The lowest BCUT2D eigenvalue weighted by atomic mass is 9.88. The Morgan fingerprint density at radius 2 is 2.06 bits per heavy atom. The third-order valence-corrected chi connectivity index (χ3v) is 2.17. The summed E-state index contributed by atoms with van der Waals surface area (Å²) in [6.45, 7) is 10.2. The molecule has 1 rings (SSSR count). The van der Waals surface area contributed by atoms with E-state index in [9.17, 15) is 5.11 Å². The highest BCUT2D eigenvalue weighted by molar-refractivity contribution is 4.97. The number of hydrogen-bond acceptors (Lipinski definition) is 5. The molecular weight excluding hydrogens is 208 g/mol. The summed E-state index contributed by atoms with van der Waals surface area (Å²) >= 11 is 0. The number of rotatable bonds is 4. The topological polar surface area (TPSA) is 68.4 Å². The number of aliphatic hydroxyl groups is 1. The van der Waals surface area contributed by atoms with Crippen LogP contribution >= 0.6 is 0 Å². The molecule has 0 aliphatic rings. The molecule has 0 aliphatic carbocycles. The molecular formula is C11H20N2O3. The molecule has 5 nitrogen and oxygen atoms in total. The lowest BCUT2D eigenvalue weighted by Crippen LogP contribution is -2.22. The Labute approximate surface area is 95.8 Å². The van der Waals surface area contributed by atoms with Gasteiger partial charge in [0.2, 0.25) is 5.82 Å². The van der Waals surface area contributed by atoms with Gasteiger partial charge in [0.15, 0.2) is 0 Å². The average Bonchev–Trinajstić information content (AvgIpc) is 2.60. The summed E-state index contributed by atoms with van der Waals surface area (Å²) in [5.74, 6) is 0.717. The highest BCUT2D eigenvalue weighted by atomic mass is 16.5. The van der Waals surface area contributed by atoms with Crippen LogP contribution in [0.5, 0.6) is 0 Å². The zero-order chi connectivity index (χ0) is 12.3. The zero-order valence-electron chi connectivity index (χ0n) is 10.5. The minimum absolute atomic E-state index is 0.115. The van der Waals surface area contributed by atoms with Crippen LogP contribution in [0.4, 0.5) is 0 Å². The number of ether oxygens (including phenoxy) is 1. The predicted molar refractivity (Wildman–Crippen MR) is 58.8 cm³/mol. The smallest absolute Gasteiger partial charge is 0.255 e. The Kier molecular flexibility index (Phi) is 4.04. The van der Waals surface area contributed by atoms with Gasteiger partial charge in [-0.25, -0.2) is 0 Å². The first-order valence-corrected chi connectivity index (χ1v) is 5.49. The minimum atomic E-state index is -0.747. The fraction of sp³-hybridized carbons (Fsp3) is 0.818. The van der Waals surface area contributed by atoms with Crippen molar-refractivity contribution in [1.29, 1.82) is 0 Å². The summed E-state index contributed by atoms with van der Waals surface area (Å²) in [5.41, 5.74) is -0.115. The summed E-state index contributed by atoms with van der Waals surface area (Å²) in [4.78, 5) is 4.14. The number of hydrogen-bond donors (Lipinski definition) is 1. The molecule has 0 amide bonds. The van der Waals surface area contributed by atoms with Crippen LogP contribution in [0.25, 0.3) is 0 Å². The van der Waals surface area contributed by atoms with Gasteiger partial charge < -0.3 is 14.4 Å². The Morgan fingerprint density at radius 3 is 2.44 bits per heavy atom. The maximum atomic E-state index is 9.31. The average molecular weight is 228 g/mol. The molecule has 0 radical (unpaired) electrons. The molecule has 0 saturated carbocycles. The van der Waals surface area contributed by atoms with E-state index < -0.39 is 6.10 Å². The summed E-state index contributed by atoms with van der Waals surface area (Å²) in [5, 5.41) is 13.2. The molecule has 1 aromatic rings. The number of aliphatic hydroxyl groups excluding tert-OH is 1. The highest BCUT2D eigenvalue weighted by Gasteiger charge is 2.31. The summed E-state index contributed by atoms with van der Waals surface area (Å²) < 4.78 is 10.6. The van der Waals surface area contributed by atoms with E-state index >= 15 is 0 Å². The third kappa shape index (κ3) is 3.02. The molecule has 1 aromatic heterocycles. The zero-order valence-corrected chi connectivity index (χ0v) is 10.5. The monoisotopic (exact) mass is 228 g/mol. The number of nitrogens with zero attached hydrogens (tertiary/aromatic N) is 2.